The van der Waals surface area contributed by atoms with Crippen LogP contribution in [0.2, 0.25) is 0 Å². The molecule has 4 saturated heterocycles. The number of carbonyl (C=O) groups is 1. The first-order chi connectivity index (χ1) is 22.7. The largest absolute Gasteiger partial charge is 0.459 e. The number of hydrogen-bond donors (Lipinski definition) is 5. The van der Waals surface area contributed by atoms with Crippen molar-refractivity contribution < 1.29 is 58.4 Å². The Morgan fingerprint density at radius 1 is 1.04 bits per heavy atom. The zero-order valence-electron chi connectivity index (χ0n) is 31.6. The van der Waals surface area contributed by atoms with Gasteiger partial charge in [-0.1, -0.05) is 27.7 Å². The van der Waals surface area contributed by atoms with E-state index in [9.17, 15) is 25.2 Å². The molecule has 4 aliphatic heterocycles. The maximum atomic E-state index is 14.2. The average molecular weight is 704 g/mol. The van der Waals surface area contributed by atoms with Crippen molar-refractivity contribution in [2.24, 2.45) is 23.7 Å². The topological polar surface area (TPSA) is 175 Å². The van der Waals surface area contributed by atoms with Crippen molar-refractivity contribution in [3.05, 3.63) is 0 Å². The Hall–Kier alpha value is -0.970. The highest BCUT2D eigenvalue weighted by Gasteiger charge is 2.58. The van der Waals surface area contributed by atoms with Crippen LogP contribution in [0.15, 0.2) is 0 Å². The van der Waals surface area contributed by atoms with Crippen molar-refractivity contribution in [3.8, 4) is 0 Å². The Bertz CT molecular complexity index is 1110. The Morgan fingerprint density at radius 2 is 1.69 bits per heavy atom. The quantitative estimate of drug-likeness (QED) is 0.222. The molecule has 286 valence electrons. The molecule has 2 bridgehead atoms. The van der Waals surface area contributed by atoms with Gasteiger partial charge in [0.1, 0.15) is 23.9 Å². The Kier molecular flexibility index (Phi) is 13.0. The minimum atomic E-state index is -1.78. The lowest BCUT2D eigenvalue weighted by atomic mass is 9.76. The molecule has 19 atom stereocenters. The van der Waals surface area contributed by atoms with E-state index in [1.807, 2.05) is 27.7 Å². The normalized spacial score (nSPS) is 50.2. The molecular weight excluding hydrogens is 638 g/mol. The van der Waals surface area contributed by atoms with Crippen LogP contribution >= 0.6 is 0 Å². The number of cyclic esters (lactones) is 1. The number of fused-ring (bicyclic) bond motifs is 2. The van der Waals surface area contributed by atoms with Crippen LogP contribution in [0.3, 0.4) is 0 Å². The molecule has 0 aromatic rings. The van der Waals surface area contributed by atoms with Gasteiger partial charge >= 0.3 is 5.97 Å². The van der Waals surface area contributed by atoms with Gasteiger partial charge < -0.3 is 58.9 Å². The number of rotatable bonds is 9. The monoisotopic (exact) mass is 703 g/mol. The van der Waals surface area contributed by atoms with Gasteiger partial charge in [0, 0.05) is 31.4 Å². The second-order valence-electron chi connectivity index (χ2n) is 16.1. The van der Waals surface area contributed by atoms with Crippen LogP contribution in [0.25, 0.3) is 0 Å². The fourth-order valence-electron chi connectivity index (χ4n) is 9.00. The van der Waals surface area contributed by atoms with Crippen LogP contribution < -0.4 is 5.32 Å². The number of likely N-dealkylation sites (N-methyl/N-ethyl adjacent to an activating group) is 1. The van der Waals surface area contributed by atoms with Crippen molar-refractivity contribution in [2.45, 2.75) is 185 Å². The van der Waals surface area contributed by atoms with Gasteiger partial charge in [-0.2, -0.15) is 0 Å². The molecule has 4 heterocycles. The maximum absolute atomic E-state index is 14.2. The molecule has 0 radical (unpaired) electrons. The van der Waals surface area contributed by atoms with Crippen molar-refractivity contribution in [1.82, 2.24) is 5.32 Å². The summed E-state index contributed by atoms with van der Waals surface area (Å²) in [5, 5.41) is 48.1. The van der Waals surface area contributed by atoms with Crippen LogP contribution in [0.1, 0.15) is 94.9 Å². The molecule has 0 aromatic carbocycles. The van der Waals surface area contributed by atoms with E-state index in [2.05, 4.69) is 12.2 Å². The average Bonchev–Trinajstić information content (AvgIpc) is 3.37. The van der Waals surface area contributed by atoms with Gasteiger partial charge in [-0.25, -0.2) is 0 Å². The summed E-state index contributed by atoms with van der Waals surface area (Å²) in [6, 6.07) is -0.264. The van der Waals surface area contributed by atoms with Crippen LogP contribution in [0.4, 0.5) is 0 Å². The maximum Gasteiger partial charge on any atom is 0.311 e. The lowest BCUT2D eigenvalue weighted by molar-refractivity contribution is -0.316. The molecule has 0 aromatic heterocycles. The number of ether oxygens (including phenoxy) is 7. The molecule has 0 amide bonds. The molecule has 7 unspecified atom stereocenters. The third kappa shape index (κ3) is 8.02. The molecule has 4 fully saturated rings. The zero-order chi connectivity index (χ0) is 36.8. The van der Waals surface area contributed by atoms with E-state index in [1.54, 1.807) is 34.7 Å². The van der Waals surface area contributed by atoms with Crippen LogP contribution in [0, 0.1) is 23.7 Å². The predicted molar refractivity (Wildman–Crippen MR) is 179 cm³/mol. The van der Waals surface area contributed by atoms with Crippen LogP contribution in [-0.2, 0) is 38.0 Å². The highest BCUT2D eigenvalue weighted by Crippen LogP contribution is 2.48. The van der Waals surface area contributed by atoms with E-state index >= 15 is 0 Å². The highest BCUT2D eigenvalue weighted by atomic mass is 16.7. The fourth-order valence-corrected chi connectivity index (χ4v) is 9.00. The lowest BCUT2D eigenvalue weighted by Crippen LogP contribution is -2.60. The minimum absolute atomic E-state index is 0.0575. The van der Waals surface area contributed by atoms with E-state index in [1.165, 1.54) is 14.0 Å². The molecular formula is C36H65NO12. The molecule has 13 nitrogen and oxygen atoms in total. The van der Waals surface area contributed by atoms with Gasteiger partial charge in [-0.3, -0.25) is 4.79 Å². The Morgan fingerprint density at radius 3 is 2.29 bits per heavy atom. The number of aliphatic hydroxyl groups is 4. The molecule has 13 heteroatoms. The number of hydrogen-bond acceptors (Lipinski definition) is 13. The molecule has 0 aliphatic carbocycles. The van der Waals surface area contributed by atoms with E-state index in [0.29, 0.717) is 12.8 Å². The Labute approximate surface area is 292 Å². The van der Waals surface area contributed by atoms with Gasteiger partial charge in [0.25, 0.3) is 0 Å². The second-order valence-corrected chi connectivity index (χ2v) is 16.1. The molecule has 0 saturated carbocycles. The molecule has 4 rings (SSSR count). The Balaban J connectivity index is 1.82. The summed E-state index contributed by atoms with van der Waals surface area (Å²) in [7, 11) is 3.32. The second kappa shape index (κ2) is 15.6. The lowest BCUT2D eigenvalue weighted by Gasteiger charge is -2.48. The van der Waals surface area contributed by atoms with Crippen LogP contribution in [0.5, 0.6) is 0 Å². The minimum Gasteiger partial charge on any atom is -0.459 e. The third-order valence-electron chi connectivity index (χ3n) is 12.1. The number of methoxy groups -OCH3 is 1. The van der Waals surface area contributed by atoms with Gasteiger partial charge in [-0.15, -0.1) is 0 Å². The first-order valence-electron chi connectivity index (χ1n) is 18.2. The summed E-state index contributed by atoms with van der Waals surface area (Å²) in [6.07, 6.45) is -7.41. The summed E-state index contributed by atoms with van der Waals surface area (Å²) in [6.45, 7) is 18.3. The fraction of sp³-hybridized carbons (Fsp3) is 0.972. The summed E-state index contributed by atoms with van der Waals surface area (Å²) in [5.41, 5.74) is -3.72. The number of esters is 1. The SMILES string of the molecule is CC[C@@H](O)[C@@](C)(O)[C@@H]1OC(=O)[C@H](C)[C@@H](O[C@H]2CC(C)(OC)[C@@H](O)C(C)O2)[C@H](C)[C@@H](O[C@@H]2OC(C)CC(NC)C2O)[C@@]2(C)CC(C)C(O2)[C@@H]1C. The summed E-state index contributed by atoms with van der Waals surface area (Å²) in [5.74, 6) is -2.67. The standard InChI is InChI=1S/C36H65NO12/c1-13-24(38)36(10,42)31-19(4)27-17(2)15-35(9,49-27)30(48-33-26(39)23(37-11)14-18(3)44-33)20(5)28(21(6)32(41)47-31)46-25-16-34(8,43-12)29(40)22(7)45-25/h17-31,33,37-40,42H,13-16H2,1-12H3/t17?,18?,19-,20-,21+,22?,23?,24+,25-,26?,27?,28-,29-,30+,31+,33-,34?,35+,36+/m0/s1. The van der Waals surface area contributed by atoms with E-state index in [-0.39, 0.29) is 30.9 Å². The van der Waals surface area contributed by atoms with Crippen molar-refractivity contribution >= 4 is 5.97 Å². The predicted octanol–water partition coefficient (Wildman–Crippen LogP) is 2.28. The van der Waals surface area contributed by atoms with Crippen molar-refractivity contribution in [2.75, 3.05) is 14.2 Å². The number of aliphatic hydroxyl groups excluding tert-OH is 3. The molecule has 4 aliphatic rings. The number of carbonyl (C=O) groups excluding carboxylic acids is 1. The third-order valence-corrected chi connectivity index (χ3v) is 12.1. The number of nitrogens with one attached hydrogen (secondary N) is 1. The van der Waals surface area contributed by atoms with Crippen molar-refractivity contribution in [1.29, 1.82) is 0 Å². The summed E-state index contributed by atoms with van der Waals surface area (Å²) >= 11 is 0. The first-order valence-corrected chi connectivity index (χ1v) is 18.2. The van der Waals surface area contributed by atoms with Gasteiger partial charge in [-0.05, 0) is 73.8 Å². The molecule has 49 heavy (non-hydrogen) atoms. The zero-order valence-corrected chi connectivity index (χ0v) is 31.6. The van der Waals surface area contributed by atoms with Crippen molar-refractivity contribution in [3.63, 3.8) is 0 Å². The molecule has 5 N–H and O–H groups in total. The van der Waals surface area contributed by atoms with E-state index < -0.39 is 102 Å². The molecule has 0 spiro atoms. The smallest absolute Gasteiger partial charge is 0.311 e. The van der Waals surface area contributed by atoms with Gasteiger partial charge in [0.15, 0.2) is 12.6 Å². The summed E-state index contributed by atoms with van der Waals surface area (Å²) < 4.78 is 44.9. The van der Waals surface area contributed by atoms with E-state index in [0.717, 1.165) is 0 Å². The van der Waals surface area contributed by atoms with Gasteiger partial charge in [0.2, 0.25) is 0 Å². The highest BCUT2D eigenvalue weighted by molar-refractivity contribution is 5.73. The van der Waals surface area contributed by atoms with Crippen LogP contribution in [-0.4, -0.2) is 131 Å². The van der Waals surface area contributed by atoms with E-state index in [4.69, 9.17) is 33.2 Å². The summed E-state index contributed by atoms with van der Waals surface area (Å²) in [4.78, 5) is 14.2. The van der Waals surface area contributed by atoms with Gasteiger partial charge in [0.05, 0.1) is 53.7 Å². The first kappa shape index (κ1) is 40.8.